The van der Waals surface area contributed by atoms with E-state index in [0.29, 0.717) is 22.7 Å². The lowest BCUT2D eigenvalue weighted by atomic mass is 10.2. The van der Waals surface area contributed by atoms with E-state index in [9.17, 15) is 8.78 Å². The smallest absolute Gasteiger partial charge is 0.184 e. The summed E-state index contributed by atoms with van der Waals surface area (Å²) in [6.45, 7) is 1.88. The van der Waals surface area contributed by atoms with Crippen LogP contribution in [0.2, 0.25) is 0 Å². The third kappa shape index (κ3) is 1.81. The van der Waals surface area contributed by atoms with Crippen LogP contribution in [-0.4, -0.2) is 14.6 Å². The number of aryl methyl sites for hydroxylation is 1. The second-order valence-corrected chi connectivity index (χ2v) is 4.32. The molecule has 1 aromatic carbocycles. The van der Waals surface area contributed by atoms with E-state index < -0.39 is 11.6 Å². The van der Waals surface area contributed by atoms with Crippen molar-refractivity contribution in [2.24, 2.45) is 0 Å². The molecule has 0 fully saturated rings. The van der Waals surface area contributed by atoms with Crippen LogP contribution in [0.4, 0.5) is 14.5 Å². The van der Waals surface area contributed by atoms with E-state index in [1.807, 2.05) is 6.92 Å². The molecule has 3 rings (SSSR count). The van der Waals surface area contributed by atoms with Crippen molar-refractivity contribution < 1.29 is 8.78 Å². The Balaban J connectivity index is 2.28. The van der Waals surface area contributed by atoms with Crippen molar-refractivity contribution in [3.8, 4) is 11.4 Å². The molecule has 0 saturated heterocycles. The van der Waals surface area contributed by atoms with Crippen LogP contribution < -0.4 is 5.73 Å². The number of pyridine rings is 1. The molecule has 0 amide bonds. The van der Waals surface area contributed by atoms with E-state index >= 15 is 0 Å². The molecular formula is C13H10F2N4. The molecule has 19 heavy (non-hydrogen) atoms. The molecule has 0 atom stereocenters. The lowest BCUT2D eigenvalue weighted by Gasteiger charge is -2.03. The fraction of sp³-hybridized carbons (Fsp3) is 0.0769. The molecule has 0 radical (unpaired) electrons. The lowest BCUT2D eigenvalue weighted by Crippen LogP contribution is -1.96. The summed E-state index contributed by atoms with van der Waals surface area (Å²) in [5, 5.41) is 7.94. The first-order valence-corrected chi connectivity index (χ1v) is 5.62. The Morgan fingerprint density at radius 2 is 1.89 bits per heavy atom. The number of rotatable bonds is 1. The Bertz CT molecular complexity index is 780. The predicted octanol–water partition coefficient (Wildman–Crippen LogP) is 2.57. The van der Waals surface area contributed by atoms with E-state index in [4.69, 9.17) is 5.73 Å². The Morgan fingerprint density at radius 3 is 2.63 bits per heavy atom. The van der Waals surface area contributed by atoms with Crippen LogP contribution in [0.25, 0.3) is 17.0 Å². The van der Waals surface area contributed by atoms with Gasteiger partial charge in [-0.3, -0.25) is 4.40 Å². The van der Waals surface area contributed by atoms with Gasteiger partial charge < -0.3 is 5.73 Å². The molecule has 2 N–H and O–H groups in total. The summed E-state index contributed by atoms with van der Waals surface area (Å²) in [4.78, 5) is 0. The van der Waals surface area contributed by atoms with Gasteiger partial charge in [0.05, 0.1) is 5.69 Å². The average molecular weight is 260 g/mol. The molecule has 0 saturated carbocycles. The number of halogens is 2. The van der Waals surface area contributed by atoms with Gasteiger partial charge in [0, 0.05) is 11.8 Å². The molecule has 2 heterocycles. The molecule has 3 aromatic rings. The standard InChI is InChI=1S/C13H10F2N4/c1-7-4-11(16)13-18-17-12(19(13)6-7)8-2-3-9(14)10(15)5-8/h2-6H,16H2,1H3. The summed E-state index contributed by atoms with van der Waals surface area (Å²) >= 11 is 0. The van der Waals surface area contributed by atoms with Gasteiger partial charge in [0.25, 0.3) is 0 Å². The maximum absolute atomic E-state index is 13.3. The van der Waals surface area contributed by atoms with Gasteiger partial charge >= 0.3 is 0 Å². The summed E-state index contributed by atoms with van der Waals surface area (Å²) in [5.74, 6) is -1.40. The monoisotopic (exact) mass is 260 g/mol. The van der Waals surface area contributed by atoms with Gasteiger partial charge in [-0.15, -0.1) is 10.2 Å². The number of nitrogens with two attached hydrogens (primary N) is 1. The maximum Gasteiger partial charge on any atom is 0.184 e. The summed E-state index contributed by atoms with van der Waals surface area (Å²) in [7, 11) is 0. The van der Waals surface area contributed by atoms with Crippen LogP contribution in [0.15, 0.2) is 30.5 Å². The number of hydrogen-bond donors (Lipinski definition) is 1. The zero-order valence-corrected chi connectivity index (χ0v) is 10.1. The van der Waals surface area contributed by atoms with Crippen LogP contribution in [0.3, 0.4) is 0 Å². The average Bonchev–Trinajstić information content (AvgIpc) is 2.76. The highest BCUT2D eigenvalue weighted by atomic mass is 19.2. The highest BCUT2D eigenvalue weighted by Gasteiger charge is 2.12. The molecule has 6 heteroatoms. The zero-order chi connectivity index (χ0) is 13.6. The quantitative estimate of drug-likeness (QED) is 0.731. The first-order chi connectivity index (χ1) is 9.06. The summed E-state index contributed by atoms with van der Waals surface area (Å²) in [5.41, 5.74) is 8.19. The second-order valence-electron chi connectivity index (χ2n) is 4.32. The molecule has 96 valence electrons. The topological polar surface area (TPSA) is 56.2 Å². The largest absolute Gasteiger partial charge is 0.396 e. The molecule has 0 aliphatic rings. The minimum absolute atomic E-state index is 0.421. The van der Waals surface area contributed by atoms with Gasteiger partial charge in [0.2, 0.25) is 0 Å². The van der Waals surface area contributed by atoms with Gasteiger partial charge in [-0.25, -0.2) is 8.78 Å². The van der Waals surface area contributed by atoms with Gasteiger partial charge in [-0.1, -0.05) is 0 Å². The Kier molecular flexibility index (Phi) is 2.45. The summed E-state index contributed by atoms with van der Waals surface area (Å²) in [6.07, 6.45) is 1.79. The normalized spacial score (nSPS) is 11.1. The Hall–Kier alpha value is -2.50. The highest BCUT2D eigenvalue weighted by molar-refractivity contribution is 5.69. The number of fused-ring (bicyclic) bond motifs is 1. The van der Waals surface area contributed by atoms with Crippen molar-refractivity contribution in [2.45, 2.75) is 6.92 Å². The van der Waals surface area contributed by atoms with Gasteiger partial charge in [-0.2, -0.15) is 0 Å². The van der Waals surface area contributed by atoms with E-state index in [2.05, 4.69) is 10.2 Å². The van der Waals surface area contributed by atoms with Gasteiger partial charge in [0.1, 0.15) is 0 Å². The first kappa shape index (κ1) is 11.6. The minimum Gasteiger partial charge on any atom is -0.396 e. The van der Waals surface area contributed by atoms with Crippen molar-refractivity contribution >= 4 is 11.3 Å². The number of nitrogens with zero attached hydrogens (tertiary/aromatic N) is 3. The molecule has 0 spiro atoms. The lowest BCUT2D eigenvalue weighted by molar-refractivity contribution is 0.509. The number of benzene rings is 1. The van der Waals surface area contributed by atoms with Crippen LogP contribution in [-0.2, 0) is 0 Å². The fourth-order valence-electron chi connectivity index (χ4n) is 1.99. The van der Waals surface area contributed by atoms with Crippen LogP contribution in [0.5, 0.6) is 0 Å². The number of nitrogen functional groups attached to an aromatic ring is 1. The van der Waals surface area contributed by atoms with Crippen LogP contribution in [0, 0.1) is 18.6 Å². The van der Waals surface area contributed by atoms with E-state index in [1.165, 1.54) is 6.07 Å². The van der Waals surface area contributed by atoms with Crippen molar-refractivity contribution in [3.05, 3.63) is 47.7 Å². The molecule has 0 aliphatic carbocycles. The predicted molar refractivity (Wildman–Crippen MR) is 67.5 cm³/mol. The second kappa shape index (κ2) is 4.01. The number of hydrogen-bond acceptors (Lipinski definition) is 3. The van der Waals surface area contributed by atoms with Crippen molar-refractivity contribution in [1.82, 2.24) is 14.6 Å². The molecule has 4 nitrogen and oxygen atoms in total. The third-order valence-electron chi connectivity index (χ3n) is 2.85. The Labute approximate surface area is 107 Å². The van der Waals surface area contributed by atoms with Crippen LogP contribution >= 0.6 is 0 Å². The molecule has 2 aromatic heterocycles. The zero-order valence-electron chi connectivity index (χ0n) is 10.1. The molecule has 0 unspecified atom stereocenters. The minimum atomic E-state index is -0.921. The summed E-state index contributed by atoms with van der Waals surface area (Å²) in [6, 6.07) is 5.38. The SMILES string of the molecule is Cc1cc(N)c2nnc(-c3ccc(F)c(F)c3)n2c1. The maximum atomic E-state index is 13.3. The third-order valence-corrected chi connectivity index (χ3v) is 2.85. The van der Waals surface area contributed by atoms with Crippen molar-refractivity contribution in [2.75, 3.05) is 5.73 Å². The number of anilines is 1. The Morgan fingerprint density at radius 1 is 1.11 bits per heavy atom. The number of aromatic nitrogens is 3. The van der Waals surface area contributed by atoms with E-state index in [1.54, 1.807) is 16.7 Å². The fourth-order valence-corrected chi connectivity index (χ4v) is 1.99. The van der Waals surface area contributed by atoms with E-state index in [-0.39, 0.29) is 0 Å². The van der Waals surface area contributed by atoms with Crippen LogP contribution in [0.1, 0.15) is 5.56 Å². The first-order valence-electron chi connectivity index (χ1n) is 5.62. The highest BCUT2D eigenvalue weighted by Crippen LogP contribution is 2.23. The molecule has 0 bridgehead atoms. The van der Waals surface area contributed by atoms with Crippen molar-refractivity contribution in [1.29, 1.82) is 0 Å². The molecule has 0 aliphatic heterocycles. The van der Waals surface area contributed by atoms with Crippen molar-refractivity contribution in [3.63, 3.8) is 0 Å². The van der Waals surface area contributed by atoms with Gasteiger partial charge in [-0.05, 0) is 36.8 Å². The molecular weight excluding hydrogens is 250 g/mol. The van der Waals surface area contributed by atoms with E-state index in [0.717, 1.165) is 17.7 Å². The van der Waals surface area contributed by atoms with Gasteiger partial charge in [0.15, 0.2) is 23.1 Å². The summed E-state index contributed by atoms with van der Waals surface area (Å²) < 4.78 is 27.9.